The molecule has 7 aromatic carbocycles. The van der Waals surface area contributed by atoms with E-state index in [-0.39, 0.29) is 14.0 Å². The Morgan fingerprint density at radius 2 is 0.486 bits per heavy atom. The molecule has 2 aliphatic heterocycles. The molecule has 0 bridgehead atoms. The highest BCUT2D eigenvalue weighted by Crippen LogP contribution is 2.56. The third kappa shape index (κ3) is 7.72. The second kappa shape index (κ2) is 18.4. The molecule has 11 aromatic rings. The Balaban J connectivity index is 1.05. The summed E-state index contributed by atoms with van der Waals surface area (Å²) in [5.74, 6) is 0. The SMILES string of the molecule is c1ccc(B2N(c3ccc(-c4cccnc4)cc3)c3cc4c(cc3N2c2ccc(-c3cccnc3)cc2)N(c2ccc(-c3cccnc3)cc2)B(c2ccccc2)N4c2ccc(-c3cccnc3)cc2)cc1. The van der Waals surface area contributed by atoms with Crippen molar-refractivity contribution in [1.29, 1.82) is 0 Å². The zero-order valence-corrected chi connectivity index (χ0v) is 39.1. The van der Waals surface area contributed by atoms with Crippen molar-refractivity contribution in [3.05, 3.63) is 268 Å². The topological polar surface area (TPSA) is 64.5 Å². The van der Waals surface area contributed by atoms with Gasteiger partial charge in [-0.05, 0) is 140 Å². The molecule has 72 heavy (non-hydrogen) atoms. The number of rotatable bonds is 10. The Morgan fingerprint density at radius 3 is 0.708 bits per heavy atom. The maximum Gasteiger partial charge on any atom is 0.420 e. The molecule has 0 spiro atoms. The van der Waals surface area contributed by atoms with Gasteiger partial charge in [-0.2, -0.15) is 0 Å². The molecule has 0 radical (unpaired) electrons. The van der Waals surface area contributed by atoms with Gasteiger partial charge in [0, 0.05) is 72.3 Å². The van der Waals surface area contributed by atoms with E-state index in [4.69, 9.17) is 0 Å². The molecule has 0 amide bonds. The fourth-order valence-electron chi connectivity index (χ4n) is 10.4. The van der Waals surface area contributed by atoms with Crippen LogP contribution in [0.25, 0.3) is 44.5 Å². The summed E-state index contributed by atoms with van der Waals surface area (Å²) in [6, 6.07) is 78.7. The molecule has 13 rings (SSSR count). The van der Waals surface area contributed by atoms with Gasteiger partial charge in [-0.3, -0.25) is 19.9 Å². The molecule has 338 valence electrons. The molecule has 0 unspecified atom stereocenters. The number of anilines is 8. The van der Waals surface area contributed by atoms with Crippen LogP contribution in [-0.4, -0.2) is 33.9 Å². The Morgan fingerprint density at radius 1 is 0.236 bits per heavy atom. The number of aromatic nitrogens is 4. The molecule has 8 nitrogen and oxygen atoms in total. The Labute approximate surface area is 420 Å². The zero-order chi connectivity index (χ0) is 47.8. The van der Waals surface area contributed by atoms with E-state index in [9.17, 15) is 0 Å². The molecule has 0 fully saturated rings. The average molecular weight is 923 g/mol. The predicted octanol–water partition coefficient (Wildman–Crippen LogP) is 13.3. The van der Waals surface area contributed by atoms with E-state index >= 15 is 0 Å². The van der Waals surface area contributed by atoms with Gasteiger partial charge in [0.05, 0.1) is 22.7 Å². The van der Waals surface area contributed by atoms with E-state index in [1.807, 2.05) is 73.8 Å². The van der Waals surface area contributed by atoms with Crippen LogP contribution in [0.1, 0.15) is 0 Å². The van der Waals surface area contributed by atoms with Gasteiger partial charge in [0.15, 0.2) is 0 Å². The fraction of sp³-hybridized carbons (Fsp3) is 0. The van der Waals surface area contributed by atoms with Crippen LogP contribution in [0.2, 0.25) is 0 Å². The summed E-state index contributed by atoms with van der Waals surface area (Å²) in [5, 5.41) is 0. The molecule has 0 saturated heterocycles. The molecule has 10 heteroatoms. The average Bonchev–Trinajstić information content (AvgIpc) is 3.99. The maximum absolute atomic E-state index is 4.44. The van der Waals surface area contributed by atoms with Gasteiger partial charge >= 0.3 is 14.0 Å². The first-order chi connectivity index (χ1) is 35.7. The molecule has 0 saturated carbocycles. The molecular weight excluding hydrogens is 878 g/mol. The number of pyridine rings is 4. The number of nitrogens with zero attached hydrogens (tertiary/aromatic N) is 8. The summed E-state index contributed by atoms with van der Waals surface area (Å²) in [7, 11) is 0. The lowest BCUT2D eigenvalue weighted by molar-refractivity contribution is 1.33. The van der Waals surface area contributed by atoms with Crippen molar-refractivity contribution < 1.29 is 0 Å². The van der Waals surface area contributed by atoms with Crippen molar-refractivity contribution in [3.8, 4) is 44.5 Å². The first-order valence-corrected chi connectivity index (χ1v) is 24.2. The van der Waals surface area contributed by atoms with E-state index in [0.717, 1.165) is 101 Å². The van der Waals surface area contributed by atoms with Crippen LogP contribution < -0.4 is 30.2 Å². The standard InChI is InChI=1S/C62H44B2N8/c1-3-15-53(16-4-1)63-69(55-27-19-45(20-28-55)49-11-7-35-65-41-49)59-39-61-62(40-60(59)70(63)56-29-21-46(22-30-56)50-12-8-36-66-42-50)72(58-33-25-48(26-34-58)52-14-10-38-68-44-52)64(54-17-5-2-6-18-54)71(61)57-31-23-47(24-32-57)51-13-9-37-67-43-51/h1-44H. The maximum atomic E-state index is 4.44. The molecule has 6 heterocycles. The van der Waals surface area contributed by atoms with E-state index in [2.05, 4.69) is 233 Å². The smallest absolute Gasteiger partial charge is 0.360 e. The third-order valence-electron chi connectivity index (χ3n) is 13.8. The normalized spacial score (nSPS) is 12.8. The second-order valence-corrected chi connectivity index (χ2v) is 18.0. The summed E-state index contributed by atoms with van der Waals surface area (Å²) < 4.78 is 0. The highest BCUT2D eigenvalue weighted by Gasteiger charge is 2.49. The first-order valence-electron chi connectivity index (χ1n) is 24.2. The Kier molecular flexibility index (Phi) is 10.9. The quantitative estimate of drug-likeness (QED) is 0.126. The number of hydrogen-bond acceptors (Lipinski definition) is 8. The lowest BCUT2D eigenvalue weighted by Crippen LogP contribution is -2.53. The van der Waals surface area contributed by atoms with Gasteiger partial charge in [0.25, 0.3) is 0 Å². The molecule has 0 N–H and O–H groups in total. The summed E-state index contributed by atoms with van der Waals surface area (Å²) in [6.07, 6.45) is 15.0. The van der Waals surface area contributed by atoms with Crippen molar-refractivity contribution in [3.63, 3.8) is 0 Å². The molecule has 0 aliphatic carbocycles. The highest BCUT2D eigenvalue weighted by atomic mass is 15.3. The third-order valence-corrected chi connectivity index (χ3v) is 13.8. The summed E-state index contributed by atoms with van der Waals surface area (Å²) >= 11 is 0. The van der Waals surface area contributed by atoms with Crippen LogP contribution in [0.15, 0.2) is 268 Å². The second-order valence-electron chi connectivity index (χ2n) is 18.0. The number of fused-ring (bicyclic) bond motifs is 2. The van der Waals surface area contributed by atoms with Gasteiger partial charge in [-0.15, -0.1) is 0 Å². The number of benzene rings is 7. The van der Waals surface area contributed by atoms with Crippen molar-refractivity contribution in [2.75, 3.05) is 19.2 Å². The lowest BCUT2D eigenvalue weighted by atomic mass is 9.64. The zero-order valence-electron chi connectivity index (χ0n) is 39.1. The van der Waals surface area contributed by atoms with E-state index < -0.39 is 0 Å². The highest BCUT2D eigenvalue weighted by molar-refractivity contribution is 6.86. The summed E-state index contributed by atoms with van der Waals surface area (Å²) in [6.45, 7) is -0.497. The van der Waals surface area contributed by atoms with Crippen LogP contribution in [0.5, 0.6) is 0 Å². The van der Waals surface area contributed by atoms with Crippen molar-refractivity contribution in [2.45, 2.75) is 0 Å². The Hall–Kier alpha value is -9.53. The largest absolute Gasteiger partial charge is 0.420 e. The lowest BCUT2D eigenvalue weighted by Gasteiger charge is -2.31. The van der Waals surface area contributed by atoms with Gasteiger partial charge in [0.2, 0.25) is 0 Å². The fourth-order valence-corrected chi connectivity index (χ4v) is 10.4. The molecule has 0 atom stereocenters. The van der Waals surface area contributed by atoms with E-state index in [0.29, 0.717) is 0 Å². The molecule has 2 aliphatic rings. The molecule has 4 aromatic heterocycles. The monoisotopic (exact) mass is 922 g/mol. The Bertz CT molecular complexity index is 3170. The van der Waals surface area contributed by atoms with Crippen molar-refractivity contribution in [2.24, 2.45) is 0 Å². The van der Waals surface area contributed by atoms with Gasteiger partial charge < -0.3 is 19.2 Å². The van der Waals surface area contributed by atoms with Crippen LogP contribution >= 0.6 is 0 Å². The van der Waals surface area contributed by atoms with Crippen molar-refractivity contribution >= 4 is 70.4 Å². The summed E-state index contributed by atoms with van der Waals surface area (Å²) in [5.41, 5.74) is 19.7. The van der Waals surface area contributed by atoms with E-state index in [1.165, 1.54) is 0 Å². The first kappa shape index (κ1) is 42.6. The minimum absolute atomic E-state index is 0.249. The van der Waals surface area contributed by atoms with Crippen LogP contribution in [-0.2, 0) is 0 Å². The van der Waals surface area contributed by atoms with E-state index in [1.54, 1.807) is 0 Å². The van der Waals surface area contributed by atoms with Crippen molar-refractivity contribution in [1.82, 2.24) is 19.9 Å². The summed E-state index contributed by atoms with van der Waals surface area (Å²) in [4.78, 5) is 27.8. The molecular formula is C62H44B2N8. The minimum atomic E-state index is -0.249. The van der Waals surface area contributed by atoms with Gasteiger partial charge in [-0.1, -0.05) is 133 Å². The minimum Gasteiger partial charge on any atom is -0.360 e. The van der Waals surface area contributed by atoms with Gasteiger partial charge in [0.1, 0.15) is 0 Å². The predicted molar refractivity (Wildman–Crippen MR) is 297 cm³/mol. The van der Waals surface area contributed by atoms with Crippen LogP contribution in [0, 0.1) is 0 Å². The van der Waals surface area contributed by atoms with Gasteiger partial charge in [-0.25, -0.2) is 0 Å². The number of hydrogen-bond donors (Lipinski definition) is 0. The van der Waals surface area contributed by atoms with Crippen LogP contribution in [0.4, 0.5) is 45.5 Å². The van der Waals surface area contributed by atoms with Crippen LogP contribution in [0.3, 0.4) is 0 Å².